The van der Waals surface area contributed by atoms with Gasteiger partial charge in [0.05, 0.1) is 6.10 Å². The normalized spacial score (nSPS) is 20.2. The molecule has 0 saturated heterocycles. The first-order chi connectivity index (χ1) is 11.9. The van der Waals surface area contributed by atoms with Gasteiger partial charge in [0, 0.05) is 6.92 Å². The van der Waals surface area contributed by atoms with Crippen molar-refractivity contribution in [3.05, 3.63) is 0 Å². The van der Waals surface area contributed by atoms with E-state index in [0.29, 0.717) is 27.7 Å². The van der Waals surface area contributed by atoms with Gasteiger partial charge in [-0.1, -0.05) is 0 Å². The molecular weight excluding hydrogens is 368 g/mol. The lowest BCUT2D eigenvalue weighted by molar-refractivity contribution is -0.226. The topological polar surface area (TPSA) is 204 Å². The van der Waals surface area contributed by atoms with Crippen LogP contribution in [0.25, 0.3) is 0 Å². The van der Waals surface area contributed by atoms with Crippen molar-refractivity contribution in [1.82, 2.24) is 0 Å². The summed E-state index contributed by atoms with van der Waals surface area (Å²) in [5.74, 6) is -11.0. The van der Waals surface area contributed by atoms with E-state index < -0.39 is 63.7 Å². The molecule has 0 aliphatic carbocycles. The van der Waals surface area contributed by atoms with Crippen LogP contribution in [-0.2, 0) is 28.8 Å². The van der Waals surface area contributed by atoms with Crippen molar-refractivity contribution in [3.8, 4) is 0 Å². The van der Waals surface area contributed by atoms with Crippen LogP contribution in [0.5, 0.6) is 0 Å². The Bertz CT molecular complexity index is 709. The second-order valence-electron chi connectivity index (χ2n) is 6.23. The molecule has 0 amide bonds. The van der Waals surface area contributed by atoms with Crippen LogP contribution in [0.3, 0.4) is 0 Å². The summed E-state index contributed by atoms with van der Waals surface area (Å²) in [7, 11) is 0. The predicted molar refractivity (Wildman–Crippen MR) is 85.3 cm³/mol. The van der Waals surface area contributed by atoms with Crippen LogP contribution in [0, 0.1) is 0 Å². The molecule has 0 fully saturated rings. The van der Waals surface area contributed by atoms with E-state index in [-0.39, 0.29) is 0 Å². The molecule has 0 aromatic rings. The summed E-state index contributed by atoms with van der Waals surface area (Å²) < 4.78 is 0. The third kappa shape index (κ3) is 3.39. The fourth-order valence-corrected chi connectivity index (χ4v) is 2.64. The van der Waals surface area contributed by atoms with Crippen molar-refractivity contribution in [3.63, 3.8) is 0 Å². The SMILES string of the molecule is CC(=O)C(=O)[C@@](O)(C(C)=O)[C@](O)(C(C)=O)[C@](O)(C(C)=O)C(=O)C(O)C(C)O. The molecule has 0 bridgehead atoms. The van der Waals surface area contributed by atoms with Gasteiger partial charge in [0.15, 0.2) is 23.1 Å². The number of carbonyl (C=O) groups excluding carboxylic acids is 6. The van der Waals surface area contributed by atoms with Gasteiger partial charge in [-0.05, 0) is 27.7 Å². The summed E-state index contributed by atoms with van der Waals surface area (Å²) in [6, 6.07) is 0. The van der Waals surface area contributed by atoms with E-state index in [1.54, 1.807) is 0 Å². The van der Waals surface area contributed by atoms with Crippen molar-refractivity contribution >= 4 is 34.7 Å². The zero-order valence-electron chi connectivity index (χ0n) is 15.3. The van der Waals surface area contributed by atoms with Gasteiger partial charge in [-0.2, -0.15) is 0 Å². The monoisotopic (exact) mass is 390 g/mol. The van der Waals surface area contributed by atoms with Gasteiger partial charge in [0.25, 0.3) is 0 Å². The van der Waals surface area contributed by atoms with Crippen LogP contribution >= 0.6 is 0 Å². The summed E-state index contributed by atoms with van der Waals surface area (Å²) in [5, 5.41) is 51.1. The average Bonchev–Trinajstić information content (AvgIpc) is 2.56. The molecule has 0 saturated carbocycles. The van der Waals surface area contributed by atoms with Gasteiger partial charge in [0.2, 0.25) is 28.4 Å². The van der Waals surface area contributed by atoms with Crippen molar-refractivity contribution in [2.45, 2.75) is 63.6 Å². The molecule has 0 aliphatic heterocycles. The zero-order valence-corrected chi connectivity index (χ0v) is 15.3. The van der Waals surface area contributed by atoms with Crippen LogP contribution in [-0.4, -0.2) is 89.2 Å². The summed E-state index contributed by atoms with van der Waals surface area (Å²) >= 11 is 0. The second kappa shape index (κ2) is 7.82. The quantitative estimate of drug-likeness (QED) is 0.182. The predicted octanol–water partition coefficient (Wildman–Crippen LogP) is -3.58. The highest BCUT2D eigenvalue weighted by molar-refractivity contribution is 6.45. The number of carbonyl (C=O) groups is 6. The lowest BCUT2D eigenvalue weighted by Gasteiger charge is -2.46. The standard InChI is InChI=1S/C16H22O11/c1-6(17)11(22)13(24)15(26,9(4)20)16(27,10(5)21)14(25,8(3)19)12(23)7(2)18/h6,11,17,22,25-27H,1-5H3/t6?,11?,14-,15-,16+/m0/s1. The van der Waals surface area contributed by atoms with E-state index in [4.69, 9.17) is 0 Å². The Balaban J connectivity index is 7.29. The molecule has 5 atom stereocenters. The Morgan fingerprint density at radius 2 is 1.07 bits per heavy atom. The molecule has 0 aromatic carbocycles. The number of hydrogen-bond acceptors (Lipinski definition) is 11. The Labute approximate surface area is 153 Å². The maximum atomic E-state index is 12.4. The van der Waals surface area contributed by atoms with E-state index in [1.807, 2.05) is 0 Å². The van der Waals surface area contributed by atoms with Crippen molar-refractivity contribution in [1.29, 1.82) is 0 Å². The van der Waals surface area contributed by atoms with Gasteiger partial charge in [0.1, 0.15) is 6.10 Å². The maximum absolute atomic E-state index is 12.4. The van der Waals surface area contributed by atoms with Gasteiger partial charge in [-0.3, -0.25) is 28.8 Å². The summed E-state index contributed by atoms with van der Waals surface area (Å²) in [6.45, 7) is 2.77. The average molecular weight is 390 g/mol. The summed E-state index contributed by atoms with van der Waals surface area (Å²) in [4.78, 5) is 72.3. The first-order valence-electron chi connectivity index (χ1n) is 7.61. The van der Waals surface area contributed by atoms with Crippen LogP contribution in [0.15, 0.2) is 0 Å². The second-order valence-corrected chi connectivity index (χ2v) is 6.23. The minimum absolute atomic E-state index is 0.428. The third-order valence-corrected chi connectivity index (χ3v) is 4.31. The molecule has 2 unspecified atom stereocenters. The number of ketones is 6. The minimum Gasteiger partial charge on any atom is -0.390 e. The fraction of sp³-hybridized carbons (Fsp3) is 0.625. The first-order valence-corrected chi connectivity index (χ1v) is 7.61. The van der Waals surface area contributed by atoms with Gasteiger partial charge in [-0.15, -0.1) is 0 Å². The van der Waals surface area contributed by atoms with E-state index in [0.717, 1.165) is 6.92 Å². The highest BCUT2D eigenvalue weighted by atomic mass is 16.4. The zero-order chi connectivity index (χ0) is 22.1. The van der Waals surface area contributed by atoms with Gasteiger partial charge in [-0.25, -0.2) is 0 Å². The molecule has 0 radical (unpaired) electrons. The van der Waals surface area contributed by atoms with Crippen LogP contribution in [0.2, 0.25) is 0 Å². The third-order valence-electron chi connectivity index (χ3n) is 4.31. The molecular formula is C16H22O11. The number of rotatable bonds is 10. The molecule has 27 heavy (non-hydrogen) atoms. The van der Waals surface area contributed by atoms with Crippen molar-refractivity contribution in [2.24, 2.45) is 0 Å². The fourth-order valence-electron chi connectivity index (χ4n) is 2.64. The molecule has 0 rings (SSSR count). The Hall–Kier alpha value is -2.18. The number of hydrogen-bond donors (Lipinski definition) is 5. The van der Waals surface area contributed by atoms with Crippen molar-refractivity contribution < 1.29 is 54.3 Å². The highest BCUT2D eigenvalue weighted by Crippen LogP contribution is 2.39. The van der Waals surface area contributed by atoms with E-state index in [9.17, 15) is 54.3 Å². The first kappa shape index (κ1) is 24.8. The molecule has 11 heteroatoms. The van der Waals surface area contributed by atoms with Crippen LogP contribution < -0.4 is 0 Å². The maximum Gasteiger partial charge on any atom is 0.240 e. The van der Waals surface area contributed by atoms with E-state index in [2.05, 4.69) is 0 Å². The largest absolute Gasteiger partial charge is 0.390 e. The smallest absolute Gasteiger partial charge is 0.240 e. The van der Waals surface area contributed by atoms with E-state index in [1.165, 1.54) is 0 Å². The molecule has 0 aromatic heterocycles. The number of aliphatic hydroxyl groups excluding tert-OH is 2. The molecule has 0 aliphatic rings. The molecule has 11 nitrogen and oxygen atoms in total. The summed E-state index contributed by atoms with van der Waals surface area (Å²) in [5.41, 5.74) is -12.3. The number of aliphatic hydroxyl groups is 5. The lowest BCUT2D eigenvalue weighted by atomic mass is 9.61. The molecule has 5 N–H and O–H groups in total. The van der Waals surface area contributed by atoms with Crippen molar-refractivity contribution in [2.75, 3.05) is 0 Å². The highest BCUT2D eigenvalue weighted by Gasteiger charge is 2.76. The molecule has 152 valence electrons. The Morgan fingerprint density at radius 1 is 0.704 bits per heavy atom. The molecule has 0 spiro atoms. The molecule has 0 heterocycles. The minimum atomic E-state index is -4.17. The number of Topliss-reactive ketones (excluding diaryl/α,β-unsaturated/α-hetero) is 6. The summed E-state index contributed by atoms with van der Waals surface area (Å²) in [6.07, 6.45) is -4.48. The Kier molecular flexibility index (Phi) is 7.19. The van der Waals surface area contributed by atoms with Gasteiger partial charge >= 0.3 is 0 Å². The van der Waals surface area contributed by atoms with Crippen LogP contribution in [0.4, 0.5) is 0 Å². The van der Waals surface area contributed by atoms with Gasteiger partial charge < -0.3 is 25.5 Å². The van der Waals surface area contributed by atoms with E-state index >= 15 is 0 Å². The van der Waals surface area contributed by atoms with Crippen LogP contribution in [0.1, 0.15) is 34.6 Å². The Morgan fingerprint density at radius 3 is 1.30 bits per heavy atom. The lowest BCUT2D eigenvalue weighted by Crippen LogP contribution is -2.81.